The zero-order valence-electron chi connectivity index (χ0n) is 24.5. The number of methoxy groups -OCH3 is 4. The first-order chi connectivity index (χ1) is 19.9. The highest BCUT2D eigenvalue weighted by molar-refractivity contribution is 6.04. The number of esters is 1. The lowest BCUT2D eigenvalue weighted by Crippen LogP contribution is -2.37. The topological polar surface area (TPSA) is 92.3 Å². The Morgan fingerprint density at radius 3 is 2.07 bits per heavy atom. The van der Waals surface area contributed by atoms with Gasteiger partial charge < -0.3 is 29.0 Å². The number of nitrogens with one attached hydrogen (secondary N) is 1. The number of carbonyl (C=O) groups is 2. The van der Waals surface area contributed by atoms with E-state index in [1.54, 1.807) is 28.4 Å². The van der Waals surface area contributed by atoms with Crippen molar-refractivity contribution < 1.29 is 33.3 Å². The van der Waals surface area contributed by atoms with Crippen molar-refractivity contribution in [3.8, 4) is 23.0 Å². The van der Waals surface area contributed by atoms with Crippen LogP contribution in [0.5, 0.6) is 23.0 Å². The summed E-state index contributed by atoms with van der Waals surface area (Å²) in [6.45, 7) is 1.88. The number of ether oxygens (including phenoxy) is 5. The second-order valence-corrected chi connectivity index (χ2v) is 10.9. The number of hydrogen-bond acceptors (Lipinski definition) is 8. The van der Waals surface area contributed by atoms with Crippen LogP contribution in [0.3, 0.4) is 0 Å². The SMILES string of the molecule is COc1ccc([C@@H]2CC(=O)C3=C(C2)NC(C)=C(C(=O)OC2CCCCC2)[C@@H]3c2cc(OC)c(OC)c(OC)c2)cc1. The molecule has 1 saturated carbocycles. The van der Waals surface area contributed by atoms with Gasteiger partial charge in [0.05, 0.1) is 34.0 Å². The highest BCUT2D eigenvalue weighted by Crippen LogP contribution is 2.49. The Kier molecular flexibility index (Phi) is 8.57. The van der Waals surface area contributed by atoms with E-state index >= 15 is 0 Å². The normalized spacial score (nSPS) is 21.1. The fourth-order valence-corrected chi connectivity index (χ4v) is 6.42. The van der Waals surface area contributed by atoms with Crippen LogP contribution in [0.2, 0.25) is 0 Å². The third-order valence-corrected chi connectivity index (χ3v) is 8.48. The van der Waals surface area contributed by atoms with Crippen molar-refractivity contribution >= 4 is 11.8 Å². The molecule has 0 amide bonds. The summed E-state index contributed by atoms with van der Waals surface area (Å²) >= 11 is 0. The number of carbonyl (C=O) groups excluding carboxylic acids is 2. The van der Waals surface area contributed by atoms with Gasteiger partial charge in [-0.2, -0.15) is 0 Å². The molecule has 2 aromatic carbocycles. The van der Waals surface area contributed by atoms with E-state index < -0.39 is 11.9 Å². The van der Waals surface area contributed by atoms with Gasteiger partial charge in [-0.25, -0.2) is 4.79 Å². The summed E-state index contributed by atoms with van der Waals surface area (Å²) in [5.41, 5.74) is 4.32. The Morgan fingerprint density at radius 2 is 1.49 bits per heavy atom. The van der Waals surface area contributed by atoms with E-state index in [9.17, 15) is 9.59 Å². The number of dihydropyridines is 1. The minimum atomic E-state index is -0.639. The minimum absolute atomic E-state index is 0.00351. The molecule has 0 radical (unpaired) electrons. The van der Waals surface area contributed by atoms with Crippen molar-refractivity contribution in [2.45, 2.75) is 69.8 Å². The van der Waals surface area contributed by atoms with Crippen LogP contribution in [0.4, 0.5) is 0 Å². The summed E-state index contributed by atoms with van der Waals surface area (Å²) in [7, 11) is 6.29. The average molecular weight is 562 g/mol. The molecule has 1 N–H and O–H groups in total. The maximum absolute atomic E-state index is 14.0. The average Bonchev–Trinajstić information content (AvgIpc) is 2.99. The van der Waals surface area contributed by atoms with Crippen LogP contribution < -0.4 is 24.3 Å². The zero-order valence-corrected chi connectivity index (χ0v) is 24.5. The maximum atomic E-state index is 14.0. The van der Waals surface area contributed by atoms with Crippen LogP contribution in [-0.4, -0.2) is 46.3 Å². The van der Waals surface area contributed by atoms with Crippen molar-refractivity contribution in [2.75, 3.05) is 28.4 Å². The predicted octanol–water partition coefficient (Wildman–Crippen LogP) is 5.96. The molecule has 0 bridgehead atoms. The molecule has 0 unspecified atom stereocenters. The van der Waals surface area contributed by atoms with Gasteiger partial charge in [0.25, 0.3) is 0 Å². The first-order valence-corrected chi connectivity index (χ1v) is 14.3. The third kappa shape index (κ3) is 5.65. The minimum Gasteiger partial charge on any atom is -0.497 e. The maximum Gasteiger partial charge on any atom is 0.337 e. The fourth-order valence-electron chi connectivity index (χ4n) is 6.42. The lowest BCUT2D eigenvalue weighted by molar-refractivity contribution is -0.146. The molecular weight excluding hydrogens is 522 g/mol. The van der Waals surface area contributed by atoms with Crippen LogP contribution in [0.25, 0.3) is 0 Å². The van der Waals surface area contributed by atoms with Crippen molar-refractivity contribution in [1.82, 2.24) is 5.32 Å². The molecule has 0 aromatic heterocycles. The fraction of sp³-hybridized carbons (Fsp3) is 0.455. The number of rotatable bonds is 8. The number of allylic oxidation sites excluding steroid dienone is 3. The quantitative estimate of drug-likeness (QED) is 0.395. The van der Waals surface area contributed by atoms with Crippen LogP contribution in [-0.2, 0) is 14.3 Å². The third-order valence-electron chi connectivity index (χ3n) is 8.48. The molecule has 3 aliphatic rings. The van der Waals surface area contributed by atoms with Gasteiger partial charge in [-0.05, 0) is 80.3 Å². The van der Waals surface area contributed by atoms with Crippen LogP contribution >= 0.6 is 0 Å². The van der Waals surface area contributed by atoms with Gasteiger partial charge in [-0.15, -0.1) is 0 Å². The lowest BCUT2D eigenvalue weighted by Gasteiger charge is -2.37. The van der Waals surface area contributed by atoms with E-state index in [4.69, 9.17) is 23.7 Å². The Hall–Kier alpha value is -3.94. The largest absolute Gasteiger partial charge is 0.497 e. The monoisotopic (exact) mass is 561 g/mol. The summed E-state index contributed by atoms with van der Waals surface area (Å²) in [6.07, 6.45) is 5.82. The molecule has 1 heterocycles. The van der Waals surface area contributed by atoms with Gasteiger partial charge in [0, 0.05) is 29.3 Å². The second-order valence-electron chi connectivity index (χ2n) is 10.9. The zero-order chi connectivity index (χ0) is 29.1. The van der Waals surface area contributed by atoms with Gasteiger partial charge in [-0.3, -0.25) is 4.79 Å². The van der Waals surface area contributed by atoms with Gasteiger partial charge >= 0.3 is 5.97 Å². The summed E-state index contributed by atoms with van der Waals surface area (Å²) < 4.78 is 28.2. The molecule has 0 spiro atoms. The first kappa shape index (κ1) is 28.6. The highest BCUT2D eigenvalue weighted by Gasteiger charge is 2.42. The van der Waals surface area contributed by atoms with E-state index in [0.29, 0.717) is 52.5 Å². The van der Waals surface area contributed by atoms with Gasteiger partial charge in [0.1, 0.15) is 11.9 Å². The molecule has 2 atom stereocenters. The van der Waals surface area contributed by atoms with Crippen molar-refractivity contribution in [2.24, 2.45) is 0 Å². The lowest BCUT2D eigenvalue weighted by atomic mass is 9.71. The summed E-state index contributed by atoms with van der Waals surface area (Å²) in [6, 6.07) is 11.5. The highest BCUT2D eigenvalue weighted by atomic mass is 16.5. The molecule has 1 aliphatic heterocycles. The van der Waals surface area contributed by atoms with Gasteiger partial charge in [0.15, 0.2) is 17.3 Å². The molecule has 1 fully saturated rings. The summed E-state index contributed by atoms with van der Waals surface area (Å²) in [4.78, 5) is 27.9. The molecule has 2 aromatic rings. The van der Waals surface area contributed by atoms with Crippen LogP contribution in [0, 0.1) is 0 Å². The first-order valence-electron chi connectivity index (χ1n) is 14.3. The number of benzene rings is 2. The molecule has 8 heteroatoms. The van der Waals surface area contributed by atoms with E-state index in [0.717, 1.165) is 49.1 Å². The van der Waals surface area contributed by atoms with Crippen LogP contribution in [0.1, 0.15) is 74.8 Å². The molecule has 5 rings (SSSR count). The number of hydrogen-bond donors (Lipinski definition) is 1. The standard InChI is InChI=1S/C33H39NO7/c1-19-29(33(36)41-24-9-7-6-8-10-24)30(22-17-27(38-3)32(40-5)28(18-22)39-4)31-25(34-19)15-21(16-26(31)35)20-11-13-23(37-2)14-12-20/h11-14,17-18,21,24,30,34H,6-10,15-16H2,1-5H3/t21-,30-/m0/s1. The summed E-state index contributed by atoms with van der Waals surface area (Å²) in [5, 5.41) is 3.44. The number of Topliss-reactive ketones (excluding diaryl/α,β-unsaturated/α-hetero) is 1. The smallest absolute Gasteiger partial charge is 0.337 e. The Bertz CT molecular complexity index is 1340. The van der Waals surface area contributed by atoms with Crippen molar-refractivity contribution in [1.29, 1.82) is 0 Å². The van der Waals surface area contributed by atoms with E-state index in [1.807, 2.05) is 43.3 Å². The predicted molar refractivity (Wildman–Crippen MR) is 155 cm³/mol. The molecule has 218 valence electrons. The van der Waals surface area contributed by atoms with E-state index in [2.05, 4.69) is 5.32 Å². The van der Waals surface area contributed by atoms with E-state index in [1.165, 1.54) is 0 Å². The Balaban J connectivity index is 1.59. The van der Waals surface area contributed by atoms with Crippen molar-refractivity contribution in [3.05, 3.63) is 70.1 Å². The van der Waals surface area contributed by atoms with Gasteiger partial charge in [0.2, 0.25) is 5.75 Å². The Labute approximate surface area is 241 Å². The Morgan fingerprint density at radius 1 is 0.829 bits per heavy atom. The van der Waals surface area contributed by atoms with E-state index in [-0.39, 0.29) is 17.8 Å². The molecule has 0 saturated heterocycles. The molecule has 8 nitrogen and oxygen atoms in total. The van der Waals surface area contributed by atoms with Gasteiger partial charge in [-0.1, -0.05) is 18.6 Å². The molecule has 41 heavy (non-hydrogen) atoms. The number of ketones is 1. The summed E-state index contributed by atoms with van der Waals surface area (Å²) in [5.74, 6) is 1.10. The van der Waals surface area contributed by atoms with Crippen LogP contribution in [0.15, 0.2) is 58.9 Å². The molecular formula is C33H39NO7. The molecule has 2 aliphatic carbocycles. The second kappa shape index (κ2) is 12.3. The van der Waals surface area contributed by atoms with Crippen molar-refractivity contribution in [3.63, 3.8) is 0 Å².